The van der Waals surface area contributed by atoms with Crippen LogP contribution >= 0.6 is 0 Å². The Morgan fingerprint density at radius 1 is 1.30 bits per heavy atom. The maximum absolute atomic E-state index is 12.4. The highest BCUT2D eigenvalue weighted by Gasteiger charge is 2.42. The van der Waals surface area contributed by atoms with Gasteiger partial charge >= 0.3 is 6.18 Å². The first-order valence-electron chi connectivity index (χ1n) is 6.08. The fourth-order valence-electron chi connectivity index (χ4n) is 1.83. The van der Waals surface area contributed by atoms with E-state index in [2.05, 4.69) is 5.10 Å². The predicted octanol–water partition coefficient (Wildman–Crippen LogP) is 2.60. The zero-order chi connectivity index (χ0) is 14.8. The molecule has 0 bridgehead atoms. The summed E-state index contributed by atoms with van der Waals surface area (Å²) < 4.78 is 42.5. The molecular formula is C13H13F3N2O2. The van der Waals surface area contributed by atoms with Gasteiger partial charge in [0.05, 0.1) is 5.71 Å². The quantitative estimate of drug-likeness (QED) is 0.853. The molecule has 0 radical (unpaired) electrons. The smallest absolute Gasteiger partial charge is 0.408 e. The lowest BCUT2D eigenvalue weighted by Gasteiger charge is -2.17. The minimum absolute atomic E-state index is 0.295. The van der Waals surface area contributed by atoms with E-state index in [4.69, 9.17) is 4.74 Å². The minimum atomic E-state index is -4.49. The Morgan fingerprint density at radius 3 is 2.50 bits per heavy atom. The van der Waals surface area contributed by atoms with Crippen molar-refractivity contribution in [3.63, 3.8) is 0 Å². The number of hydrogen-bond donors (Lipinski definition) is 0. The summed E-state index contributed by atoms with van der Waals surface area (Å²) in [4.78, 5) is 11.9. The average molecular weight is 286 g/mol. The van der Waals surface area contributed by atoms with Gasteiger partial charge in [-0.15, -0.1) is 0 Å². The SMILES string of the molecule is CCC1=NN(CC(F)(F)F)C(=O)C1Oc1ccccc1. The highest BCUT2D eigenvalue weighted by molar-refractivity contribution is 6.10. The number of halogens is 3. The molecule has 1 aromatic carbocycles. The molecule has 108 valence electrons. The summed E-state index contributed by atoms with van der Waals surface area (Å²) in [6.07, 6.45) is -5.22. The molecule has 0 aromatic heterocycles. The van der Waals surface area contributed by atoms with Crippen molar-refractivity contribution < 1.29 is 22.7 Å². The molecule has 1 atom stereocenters. The maximum atomic E-state index is 12.4. The lowest BCUT2D eigenvalue weighted by molar-refractivity contribution is -0.161. The van der Waals surface area contributed by atoms with E-state index >= 15 is 0 Å². The summed E-state index contributed by atoms with van der Waals surface area (Å²) in [5.41, 5.74) is 0.295. The van der Waals surface area contributed by atoms with E-state index in [1.54, 1.807) is 37.3 Å². The van der Waals surface area contributed by atoms with Gasteiger partial charge < -0.3 is 4.74 Å². The van der Waals surface area contributed by atoms with Gasteiger partial charge in [-0.3, -0.25) is 4.79 Å². The number of hydrazone groups is 1. The van der Waals surface area contributed by atoms with E-state index in [0.29, 0.717) is 22.9 Å². The molecule has 0 N–H and O–H groups in total. The number of benzene rings is 1. The highest BCUT2D eigenvalue weighted by atomic mass is 19.4. The number of ether oxygens (including phenoxy) is 1. The molecule has 0 saturated carbocycles. The monoisotopic (exact) mass is 286 g/mol. The van der Waals surface area contributed by atoms with Gasteiger partial charge in [-0.25, -0.2) is 5.01 Å². The number of amides is 1. The van der Waals surface area contributed by atoms with Gasteiger partial charge in [0.2, 0.25) is 6.10 Å². The Kier molecular flexibility index (Phi) is 3.96. The van der Waals surface area contributed by atoms with Gasteiger partial charge in [-0.2, -0.15) is 18.3 Å². The van der Waals surface area contributed by atoms with E-state index < -0.39 is 24.7 Å². The summed E-state index contributed by atoms with van der Waals surface area (Å²) in [5, 5.41) is 4.13. The first-order valence-corrected chi connectivity index (χ1v) is 6.08. The third-order valence-corrected chi connectivity index (χ3v) is 2.72. The van der Waals surface area contributed by atoms with Crippen LogP contribution in [-0.4, -0.2) is 35.5 Å². The molecule has 1 amide bonds. The van der Waals surface area contributed by atoms with Crippen molar-refractivity contribution in [1.82, 2.24) is 5.01 Å². The largest absolute Gasteiger partial charge is 0.474 e. The molecule has 1 unspecified atom stereocenters. The van der Waals surface area contributed by atoms with Crippen molar-refractivity contribution in [2.75, 3.05) is 6.54 Å². The van der Waals surface area contributed by atoms with Crippen LogP contribution < -0.4 is 4.74 Å². The standard InChI is InChI=1S/C13H13F3N2O2/c1-2-10-11(20-9-6-4-3-5-7-9)12(19)18(17-10)8-13(14,15)16/h3-7,11H,2,8H2,1H3. The van der Waals surface area contributed by atoms with Gasteiger partial charge in [0.1, 0.15) is 12.3 Å². The molecule has 0 saturated heterocycles. The normalized spacial score (nSPS) is 19.2. The summed E-state index contributed by atoms with van der Waals surface area (Å²) >= 11 is 0. The predicted molar refractivity (Wildman–Crippen MR) is 66.4 cm³/mol. The van der Waals surface area contributed by atoms with Crippen LogP contribution in [0.2, 0.25) is 0 Å². The van der Waals surface area contributed by atoms with Crippen molar-refractivity contribution >= 4 is 11.6 Å². The highest BCUT2D eigenvalue weighted by Crippen LogP contribution is 2.23. The van der Waals surface area contributed by atoms with Crippen molar-refractivity contribution in [2.45, 2.75) is 25.6 Å². The molecule has 0 spiro atoms. The van der Waals surface area contributed by atoms with Crippen LogP contribution in [0.4, 0.5) is 13.2 Å². The van der Waals surface area contributed by atoms with E-state index in [-0.39, 0.29) is 0 Å². The van der Waals surface area contributed by atoms with Crippen molar-refractivity contribution in [2.24, 2.45) is 5.10 Å². The molecule has 0 fully saturated rings. The lowest BCUT2D eigenvalue weighted by Crippen LogP contribution is -2.40. The van der Waals surface area contributed by atoms with Gasteiger partial charge in [-0.1, -0.05) is 25.1 Å². The Morgan fingerprint density at radius 2 is 1.95 bits per heavy atom. The topological polar surface area (TPSA) is 41.9 Å². The molecule has 1 heterocycles. The molecule has 1 aliphatic rings. The molecule has 2 rings (SSSR count). The fourth-order valence-corrected chi connectivity index (χ4v) is 1.83. The fraction of sp³-hybridized carbons (Fsp3) is 0.385. The summed E-state index contributed by atoms with van der Waals surface area (Å²) in [5.74, 6) is -0.371. The minimum Gasteiger partial charge on any atom is -0.474 e. The van der Waals surface area contributed by atoms with Crippen LogP contribution in [0.25, 0.3) is 0 Å². The summed E-state index contributed by atoms with van der Waals surface area (Å²) in [6.45, 7) is 0.314. The van der Waals surface area contributed by atoms with Gasteiger partial charge in [-0.05, 0) is 18.6 Å². The lowest BCUT2D eigenvalue weighted by atomic mass is 10.1. The Labute approximate surface area is 113 Å². The Bertz CT molecular complexity index is 514. The molecule has 7 heteroatoms. The molecular weight excluding hydrogens is 273 g/mol. The molecule has 0 aliphatic carbocycles. The maximum Gasteiger partial charge on any atom is 0.408 e. The van der Waals surface area contributed by atoms with E-state index in [1.165, 1.54) is 0 Å². The van der Waals surface area contributed by atoms with Crippen LogP contribution in [-0.2, 0) is 4.79 Å². The molecule has 1 aromatic rings. The van der Waals surface area contributed by atoms with Gasteiger partial charge in [0.25, 0.3) is 5.91 Å². The second kappa shape index (κ2) is 5.52. The first-order chi connectivity index (χ1) is 9.40. The first kappa shape index (κ1) is 14.4. The summed E-state index contributed by atoms with van der Waals surface area (Å²) in [7, 11) is 0. The number of hydrogen-bond acceptors (Lipinski definition) is 3. The number of para-hydroxylation sites is 1. The van der Waals surface area contributed by atoms with Crippen LogP contribution in [0.15, 0.2) is 35.4 Å². The van der Waals surface area contributed by atoms with E-state index in [9.17, 15) is 18.0 Å². The zero-order valence-corrected chi connectivity index (χ0v) is 10.7. The second-order valence-corrected chi connectivity index (χ2v) is 4.27. The van der Waals surface area contributed by atoms with Crippen molar-refractivity contribution in [3.8, 4) is 5.75 Å². The van der Waals surface area contributed by atoms with Crippen LogP contribution in [0.3, 0.4) is 0 Å². The number of carbonyl (C=O) groups excluding carboxylic acids is 1. The van der Waals surface area contributed by atoms with Crippen LogP contribution in [0.1, 0.15) is 13.3 Å². The van der Waals surface area contributed by atoms with E-state index in [1.807, 2.05) is 0 Å². The Balaban J connectivity index is 2.14. The average Bonchev–Trinajstić information content (AvgIpc) is 2.66. The third-order valence-electron chi connectivity index (χ3n) is 2.72. The van der Waals surface area contributed by atoms with Gasteiger partial charge in [0.15, 0.2) is 0 Å². The number of nitrogens with zero attached hydrogens (tertiary/aromatic N) is 2. The molecule has 1 aliphatic heterocycles. The number of alkyl halides is 3. The van der Waals surface area contributed by atoms with E-state index in [0.717, 1.165) is 0 Å². The molecule has 4 nitrogen and oxygen atoms in total. The number of carbonyl (C=O) groups is 1. The second-order valence-electron chi connectivity index (χ2n) is 4.27. The number of rotatable bonds is 4. The van der Waals surface area contributed by atoms with Crippen molar-refractivity contribution in [3.05, 3.63) is 30.3 Å². The zero-order valence-electron chi connectivity index (χ0n) is 10.7. The Hall–Kier alpha value is -2.05. The van der Waals surface area contributed by atoms with Crippen molar-refractivity contribution in [1.29, 1.82) is 0 Å². The van der Waals surface area contributed by atoms with Gasteiger partial charge in [0, 0.05) is 0 Å². The van der Waals surface area contributed by atoms with Crippen LogP contribution in [0, 0.1) is 0 Å². The summed E-state index contributed by atoms with van der Waals surface area (Å²) in [6, 6.07) is 8.46. The third kappa shape index (κ3) is 3.28. The van der Waals surface area contributed by atoms with Crippen LogP contribution in [0.5, 0.6) is 5.75 Å². The molecule has 20 heavy (non-hydrogen) atoms.